The number of rotatable bonds is 9. The van der Waals surface area contributed by atoms with E-state index in [0.717, 1.165) is 17.7 Å². The van der Waals surface area contributed by atoms with Gasteiger partial charge in [-0.25, -0.2) is 14.0 Å². The van der Waals surface area contributed by atoms with E-state index in [1.807, 2.05) is 37.3 Å². The van der Waals surface area contributed by atoms with Crippen LogP contribution >= 0.6 is 0 Å². The van der Waals surface area contributed by atoms with Gasteiger partial charge in [0.05, 0.1) is 0 Å². The highest BCUT2D eigenvalue weighted by Gasteiger charge is 2.28. The van der Waals surface area contributed by atoms with Gasteiger partial charge in [-0.15, -0.1) is 0 Å². The van der Waals surface area contributed by atoms with Gasteiger partial charge >= 0.3 is 12.1 Å². The minimum absolute atomic E-state index is 0.0675. The number of amides is 1. The molecule has 1 amide bonds. The van der Waals surface area contributed by atoms with E-state index in [0.29, 0.717) is 6.42 Å². The number of halogens is 1. The lowest BCUT2D eigenvalue weighted by Crippen LogP contribution is -2.46. The summed E-state index contributed by atoms with van der Waals surface area (Å²) in [4.78, 5) is 36.6. The molecule has 0 radical (unpaired) electrons. The summed E-state index contributed by atoms with van der Waals surface area (Å²) >= 11 is 0. The molecule has 0 aliphatic heterocycles. The lowest BCUT2D eigenvalue weighted by Gasteiger charge is -2.22. The molecule has 0 saturated heterocycles. The molecule has 1 N–H and O–H groups in total. The van der Waals surface area contributed by atoms with Crippen LogP contribution in [-0.2, 0) is 20.9 Å². The number of ketones is 1. The summed E-state index contributed by atoms with van der Waals surface area (Å²) in [5, 5.41) is 2.51. The van der Waals surface area contributed by atoms with Gasteiger partial charge < -0.3 is 14.8 Å². The zero-order valence-corrected chi connectivity index (χ0v) is 16.4. The largest absolute Gasteiger partial charge is 0.456 e. The maximum Gasteiger partial charge on any atom is 0.408 e. The van der Waals surface area contributed by atoms with Gasteiger partial charge in [0.2, 0.25) is 0 Å². The van der Waals surface area contributed by atoms with Crippen LogP contribution in [0.5, 0.6) is 0 Å². The molecule has 154 valence electrons. The van der Waals surface area contributed by atoms with Crippen LogP contribution in [0.4, 0.5) is 9.18 Å². The Labute approximate surface area is 169 Å². The average Bonchev–Trinajstić information content (AvgIpc) is 2.74. The second kappa shape index (κ2) is 10.9. The normalized spacial score (nSPS) is 12.5. The van der Waals surface area contributed by atoms with E-state index in [4.69, 9.17) is 9.47 Å². The van der Waals surface area contributed by atoms with Crippen molar-refractivity contribution in [3.63, 3.8) is 0 Å². The van der Waals surface area contributed by atoms with Crippen LogP contribution in [0.25, 0.3) is 0 Å². The highest BCUT2D eigenvalue weighted by atomic mass is 19.1. The molecule has 2 rings (SSSR count). The fourth-order valence-corrected chi connectivity index (χ4v) is 2.51. The second-order valence-electron chi connectivity index (χ2n) is 6.61. The van der Waals surface area contributed by atoms with Gasteiger partial charge in [0.25, 0.3) is 0 Å². The molecule has 29 heavy (non-hydrogen) atoms. The van der Waals surface area contributed by atoms with E-state index >= 15 is 0 Å². The zero-order valence-electron chi connectivity index (χ0n) is 16.4. The van der Waals surface area contributed by atoms with Gasteiger partial charge in [-0.2, -0.15) is 0 Å². The van der Waals surface area contributed by atoms with Crippen LogP contribution in [0, 0.1) is 11.7 Å². The van der Waals surface area contributed by atoms with Crippen LogP contribution in [0.3, 0.4) is 0 Å². The molecule has 0 heterocycles. The minimum atomic E-state index is -0.954. The molecule has 0 bridgehead atoms. The Hall–Kier alpha value is -3.22. The fraction of sp³-hybridized carbons (Fsp3) is 0.318. The SMILES string of the molecule is CC[C@H](C)[C@@H](NC(=O)OCc1ccccc1)C(=O)OCC(=O)c1ccc(F)cc1. The minimum Gasteiger partial charge on any atom is -0.456 e. The third-order valence-corrected chi connectivity index (χ3v) is 4.46. The maximum atomic E-state index is 12.9. The van der Waals surface area contributed by atoms with Gasteiger partial charge in [0.1, 0.15) is 18.5 Å². The lowest BCUT2D eigenvalue weighted by molar-refractivity contribution is -0.146. The van der Waals surface area contributed by atoms with Crippen LogP contribution < -0.4 is 5.32 Å². The number of esters is 1. The quantitative estimate of drug-likeness (QED) is 0.509. The number of carbonyl (C=O) groups excluding carboxylic acids is 3. The van der Waals surface area contributed by atoms with Gasteiger partial charge in [-0.1, -0.05) is 50.6 Å². The highest BCUT2D eigenvalue weighted by molar-refractivity contribution is 5.98. The van der Waals surface area contributed by atoms with E-state index in [2.05, 4.69) is 5.32 Å². The Morgan fingerprint density at radius 3 is 2.28 bits per heavy atom. The molecule has 2 atom stereocenters. The molecule has 0 spiro atoms. The Balaban J connectivity index is 1.90. The molecular weight excluding hydrogens is 377 g/mol. The number of Topliss-reactive ketones (excluding diaryl/α,β-unsaturated/α-hetero) is 1. The number of hydrogen-bond donors (Lipinski definition) is 1. The van der Waals surface area contributed by atoms with Crippen LogP contribution in [0.1, 0.15) is 36.2 Å². The van der Waals surface area contributed by atoms with Gasteiger partial charge in [0.15, 0.2) is 12.4 Å². The summed E-state index contributed by atoms with van der Waals surface area (Å²) in [7, 11) is 0. The molecule has 0 aliphatic rings. The van der Waals surface area contributed by atoms with Crippen molar-refractivity contribution in [2.75, 3.05) is 6.61 Å². The summed E-state index contributed by atoms with van der Waals surface area (Å²) in [6.07, 6.45) is -0.147. The number of ether oxygens (including phenoxy) is 2. The molecule has 0 saturated carbocycles. The van der Waals surface area contributed by atoms with Crippen LogP contribution in [-0.4, -0.2) is 30.5 Å². The van der Waals surface area contributed by atoms with Crippen LogP contribution in [0.15, 0.2) is 54.6 Å². The van der Waals surface area contributed by atoms with Crippen molar-refractivity contribution in [1.82, 2.24) is 5.32 Å². The topological polar surface area (TPSA) is 81.7 Å². The molecule has 0 unspecified atom stereocenters. The van der Waals surface area contributed by atoms with E-state index in [9.17, 15) is 18.8 Å². The van der Waals surface area contributed by atoms with Gasteiger partial charge in [-0.05, 0) is 35.7 Å². The Morgan fingerprint density at radius 2 is 1.66 bits per heavy atom. The zero-order chi connectivity index (χ0) is 21.2. The standard InChI is InChI=1S/C22H24FNO5/c1-3-15(2)20(24-22(27)29-13-16-7-5-4-6-8-16)21(26)28-14-19(25)17-9-11-18(23)12-10-17/h4-12,15,20H,3,13-14H2,1-2H3,(H,24,27)/t15-,20+/m0/s1. The van der Waals surface area contributed by atoms with Crippen molar-refractivity contribution >= 4 is 17.8 Å². The third kappa shape index (κ3) is 7.03. The van der Waals surface area contributed by atoms with Crippen molar-refractivity contribution in [2.45, 2.75) is 32.9 Å². The van der Waals surface area contributed by atoms with E-state index in [1.54, 1.807) is 6.92 Å². The van der Waals surface area contributed by atoms with Crippen molar-refractivity contribution in [2.24, 2.45) is 5.92 Å². The van der Waals surface area contributed by atoms with E-state index in [-0.39, 0.29) is 18.1 Å². The molecular formula is C22H24FNO5. The number of benzene rings is 2. The summed E-state index contributed by atoms with van der Waals surface area (Å²) < 4.78 is 23.2. The maximum absolute atomic E-state index is 12.9. The summed E-state index contributed by atoms with van der Waals surface area (Å²) in [5.74, 6) is -1.89. The number of alkyl carbamates (subject to hydrolysis) is 1. The van der Waals surface area contributed by atoms with Crippen molar-refractivity contribution in [1.29, 1.82) is 0 Å². The first kappa shape index (κ1) is 22.1. The Morgan fingerprint density at radius 1 is 1.00 bits per heavy atom. The summed E-state index contributed by atoms with van der Waals surface area (Å²) in [6, 6.07) is 13.1. The predicted octanol–water partition coefficient (Wildman–Crippen LogP) is 3.89. The van der Waals surface area contributed by atoms with E-state index < -0.39 is 36.3 Å². The van der Waals surface area contributed by atoms with Crippen molar-refractivity contribution < 1.29 is 28.2 Å². The smallest absolute Gasteiger partial charge is 0.408 e. The first-order valence-corrected chi connectivity index (χ1v) is 9.33. The Kier molecular flexibility index (Phi) is 8.33. The van der Waals surface area contributed by atoms with Crippen molar-refractivity contribution in [3.8, 4) is 0 Å². The Bertz CT molecular complexity index is 823. The molecule has 0 aromatic heterocycles. The first-order chi connectivity index (χ1) is 13.9. The number of nitrogens with one attached hydrogen (secondary N) is 1. The lowest BCUT2D eigenvalue weighted by atomic mass is 9.99. The molecule has 0 aliphatic carbocycles. The molecule has 6 nitrogen and oxygen atoms in total. The van der Waals surface area contributed by atoms with Gasteiger partial charge in [-0.3, -0.25) is 4.79 Å². The predicted molar refractivity (Wildman–Crippen MR) is 105 cm³/mol. The third-order valence-electron chi connectivity index (χ3n) is 4.46. The monoisotopic (exact) mass is 401 g/mol. The van der Waals surface area contributed by atoms with Crippen molar-refractivity contribution in [3.05, 3.63) is 71.5 Å². The number of carbonyl (C=O) groups is 3. The molecule has 7 heteroatoms. The highest BCUT2D eigenvalue weighted by Crippen LogP contribution is 2.11. The van der Waals surface area contributed by atoms with E-state index in [1.165, 1.54) is 12.1 Å². The molecule has 2 aromatic rings. The molecule has 0 fully saturated rings. The van der Waals surface area contributed by atoms with Gasteiger partial charge in [0, 0.05) is 5.56 Å². The fourth-order valence-electron chi connectivity index (χ4n) is 2.51. The first-order valence-electron chi connectivity index (χ1n) is 9.33. The molecule has 2 aromatic carbocycles. The second-order valence-corrected chi connectivity index (χ2v) is 6.61. The van der Waals surface area contributed by atoms with Crippen LogP contribution in [0.2, 0.25) is 0 Å². The number of hydrogen-bond acceptors (Lipinski definition) is 5. The summed E-state index contributed by atoms with van der Waals surface area (Å²) in [5.41, 5.74) is 1.05. The summed E-state index contributed by atoms with van der Waals surface area (Å²) in [6.45, 7) is 3.22. The average molecular weight is 401 g/mol.